The van der Waals surface area contributed by atoms with Gasteiger partial charge in [-0.05, 0) is 41.6 Å². The molecule has 1 heterocycles. The Bertz CT molecular complexity index is 640. The summed E-state index contributed by atoms with van der Waals surface area (Å²) in [6.45, 7) is 1.93. The second-order valence-electron chi connectivity index (χ2n) is 4.81. The average molecular weight is 250 g/mol. The molecule has 3 rings (SSSR count). The predicted octanol–water partition coefficient (Wildman–Crippen LogP) is 3.50. The fraction of sp³-hybridized carbons (Fsp3) is 0.176. The van der Waals surface area contributed by atoms with Crippen LogP contribution in [0.2, 0.25) is 0 Å². The summed E-state index contributed by atoms with van der Waals surface area (Å²) in [4.78, 5) is 3.25. The fourth-order valence-corrected chi connectivity index (χ4v) is 2.32. The summed E-state index contributed by atoms with van der Waals surface area (Å²) in [7, 11) is 0. The van der Waals surface area contributed by atoms with E-state index < -0.39 is 0 Å². The van der Waals surface area contributed by atoms with Crippen molar-refractivity contribution in [2.75, 3.05) is 6.54 Å². The van der Waals surface area contributed by atoms with Crippen molar-refractivity contribution in [1.29, 1.82) is 0 Å². The van der Waals surface area contributed by atoms with E-state index in [2.05, 4.69) is 64.9 Å². The minimum Gasteiger partial charge on any atom is -0.361 e. The third-order valence-electron chi connectivity index (χ3n) is 3.38. The van der Waals surface area contributed by atoms with Crippen molar-refractivity contribution >= 4 is 10.9 Å². The summed E-state index contributed by atoms with van der Waals surface area (Å²) >= 11 is 0. The Balaban J connectivity index is 1.52. The van der Waals surface area contributed by atoms with E-state index in [9.17, 15) is 0 Å². The van der Waals surface area contributed by atoms with Gasteiger partial charge in [0, 0.05) is 18.3 Å². The Morgan fingerprint density at radius 3 is 2.68 bits per heavy atom. The van der Waals surface area contributed by atoms with Crippen LogP contribution in [-0.4, -0.2) is 11.5 Å². The smallest absolute Gasteiger partial charge is 0.0457 e. The van der Waals surface area contributed by atoms with E-state index in [1.165, 1.54) is 22.0 Å². The Kier molecular flexibility index (Phi) is 3.61. The molecule has 0 saturated heterocycles. The second kappa shape index (κ2) is 5.72. The lowest BCUT2D eigenvalue weighted by Crippen LogP contribution is -2.16. The molecule has 2 aromatic carbocycles. The normalized spacial score (nSPS) is 10.9. The number of aromatic nitrogens is 1. The van der Waals surface area contributed by atoms with Crippen molar-refractivity contribution in [3.8, 4) is 0 Å². The first-order valence-corrected chi connectivity index (χ1v) is 6.72. The Morgan fingerprint density at radius 1 is 0.895 bits per heavy atom. The summed E-state index contributed by atoms with van der Waals surface area (Å²) in [5.74, 6) is 0. The molecule has 0 spiro atoms. The molecule has 1 aromatic heterocycles. The summed E-state index contributed by atoms with van der Waals surface area (Å²) < 4.78 is 0. The average Bonchev–Trinajstić information content (AvgIpc) is 2.92. The van der Waals surface area contributed by atoms with Crippen LogP contribution in [0.5, 0.6) is 0 Å². The molecule has 0 aliphatic heterocycles. The molecule has 0 aliphatic carbocycles. The van der Waals surface area contributed by atoms with Crippen molar-refractivity contribution in [2.24, 2.45) is 0 Å². The van der Waals surface area contributed by atoms with Crippen LogP contribution in [0.15, 0.2) is 60.8 Å². The van der Waals surface area contributed by atoms with Gasteiger partial charge in [-0.15, -0.1) is 0 Å². The first-order valence-electron chi connectivity index (χ1n) is 6.72. The second-order valence-corrected chi connectivity index (χ2v) is 4.81. The molecule has 19 heavy (non-hydrogen) atoms. The Labute approximate surface area is 113 Å². The molecule has 2 N–H and O–H groups in total. The van der Waals surface area contributed by atoms with Crippen molar-refractivity contribution < 1.29 is 0 Å². The van der Waals surface area contributed by atoms with Crippen LogP contribution < -0.4 is 5.32 Å². The highest BCUT2D eigenvalue weighted by molar-refractivity contribution is 5.79. The standard InChI is InChI=1S/C17H18N2/c1-2-4-14(5-3-1)8-10-18-13-15-6-7-16-9-11-19-17(16)12-15/h1-7,9,11-12,18-19H,8,10,13H2. The van der Waals surface area contributed by atoms with E-state index in [1.54, 1.807) is 0 Å². The van der Waals surface area contributed by atoms with Crippen LogP contribution >= 0.6 is 0 Å². The maximum absolute atomic E-state index is 3.49. The summed E-state index contributed by atoms with van der Waals surface area (Å²) in [5.41, 5.74) is 3.92. The zero-order valence-electron chi connectivity index (χ0n) is 10.9. The molecule has 2 nitrogen and oxygen atoms in total. The zero-order chi connectivity index (χ0) is 12.9. The minimum absolute atomic E-state index is 0.918. The van der Waals surface area contributed by atoms with E-state index in [0.717, 1.165) is 19.5 Å². The van der Waals surface area contributed by atoms with Gasteiger partial charge in [-0.3, -0.25) is 0 Å². The van der Waals surface area contributed by atoms with E-state index >= 15 is 0 Å². The number of nitrogens with one attached hydrogen (secondary N) is 2. The van der Waals surface area contributed by atoms with Crippen LogP contribution in [0.25, 0.3) is 10.9 Å². The maximum atomic E-state index is 3.49. The van der Waals surface area contributed by atoms with Gasteiger partial charge in [-0.25, -0.2) is 0 Å². The number of hydrogen-bond acceptors (Lipinski definition) is 1. The van der Waals surface area contributed by atoms with Crippen LogP contribution in [0, 0.1) is 0 Å². The van der Waals surface area contributed by atoms with E-state index in [0.29, 0.717) is 0 Å². The summed E-state index contributed by atoms with van der Waals surface area (Å²) in [6.07, 6.45) is 3.06. The third-order valence-corrected chi connectivity index (χ3v) is 3.38. The zero-order valence-corrected chi connectivity index (χ0v) is 10.9. The van der Waals surface area contributed by atoms with Crippen LogP contribution in [-0.2, 0) is 13.0 Å². The lowest BCUT2D eigenvalue weighted by Gasteiger charge is -2.05. The molecule has 0 aliphatic rings. The number of hydrogen-bond donors (Lipinski definition) is 2. The van der Waals surface area contributed by atoms with Crippen LogP contribution in [0.1, 0.15) is 11.1 Å². The van der Waals surface area contributed by atoms with E-state index in [1.807, 2.05) is 6.20 Å². The van der Waals surface area contributed by atoms with Gasteiger partial charge in [0.1, 0.15) is 0 Å². The van der Waals surface area contributed by atoms with Gasteiger partial charge in [0.05, 0.1) is 0 Å². The highest BCUT2D eigenvalue weighted by Crippen LogP contribution is 2.13. The Hall–Kier alpha value is -2.06. The molecule has 3 aromatic rings. The SMILES string of the molecule is c1ccc(CCNCc2ccc3cc[nH]c3c2)cc1. The van der Waals surface area contributed by atoms with E-state index in [4.69, 9.17) is 0 Å². The van der Waals surface area contributed by atoms with Gasteiger partial charge in [0.25, 0.3) is 0 Å². The number of rotatable bonds is 5. The topological polar surface area (TPSA) is 27.8 Å². The Morgan fingerprint density at radius 2 is 1.79 bits per heavy atom. The summed E-state index contributed by atoms with van der Waals surface area (Å²) in [5, 5.41) is 4.76. The molecule has 0 atom stereocenters. The molecule has 0 unspecified atom stereocenters. The van der Waals surface area contributed by atoms with Crippen LogP contribution in [0.4, 0.5) is 0 Å². The quantitative estimate of drug-likeness (QED) is 0.666. The lowest BCUT2D eigenvalue weighted by molar-refractivity contribution is 0.687. The maximum Gasteiger partial charge on any atom is 0.0457 e. The van der Waals surface area contributed by atoms with Crippen molar-refractivity contribution in [3.63, 3.8) is 0 Å². The highest BCUT2D eigenvalue weighted by Gasteiger charge is 1.97. The van der Waals surface area contributed by atoms with Gasteiger partial charge in [-0.1, -0.05) is 42.5 Å². The van der Waals surface area contributed by atoms with Crippen molar-refractivity contribution in [3.05, 3.63) is 71.9 Å². The van der Waals surface area contributed by atoms with Gasteiger partial charge in [-0.2, -0.15) is 0 Å². The molecule has 0 amide bonds. The first-order chi connectivity index (χ1) is 9.42. The number of aromatic amines is 1. The third kappa shape index (κ3) is 3.04. The monoisotopic (exact) mass is 250 g/mol. The predicted molar refractivity (Wildman–Crippen MR) is 80.2 cm³/mol. The van der Waals surface area contributed by atoms with Crippen molar-refractivity contribution in [1.82, 2.24) is 10.3 Å². The summed E-state index contributed by atoms with van der Waals surface area (Å²) in [6, 6.07) is 19.3. The number of H-pyrrole nitrogens is 1. The molecule has 0 fully saturated rings. The van der Waals surface area contributed by atoms with Gasteiger partial charge < -0.3 is 10.3 Å². The minimum atomic E-state index is 0.918. The first kappa shape index (κ1) is 12.0. The molecule has 96 valence electrons. The van der Waals surface area contributed by atoms with Crippen LogP contribution in [0.3, 0.4) is 0 Å². The molecular weight excluding hydrogens is 232 g/mol. The van der Waals surface area contributed by atoms with Gasteiger partial charge in [0.15, 0.2) is 0 Å². The van der Waals surface area contributed by atoms with Gasteiger partial charge >= 0.3 is 0 Å². The molecule has 0 radical (unpaired) electrons. The van der Waals surface area contributed by atoms with E-state index in [-0.39, 0.29) is 0 Å². The van der Waals surface area contributed by atoms with Crippen molar-refractivity contribution in [2.45, 2.75) is 13.0 Å². The molecule has 2 heteroatoms. The molecule has 0 bridgehead atoms. The lowest BCUT2D eigenvalue weighted by atomic mass is 10.1. The number of benzene rings is 2. The van der Waals surface area contributed by atoms with Gasteiger partial charge in [0.2, 0.25) is 0 Å². The number of fused-ring (bicyclic) bond motifs is 1. The highest BCUT2D eigenvalue weighted by atomic mass is 14.8. The molecular formula is C17H18N2. The molecule has 0 saturated carbocycles. The fourth-order valence-electron chi connectivity index (χ4n) is 2.32. The largest absolute Gasteiger partial charge is 0.361 e.